The van der Waals surface area contributed by atoms with Crippen molar-refractivity contribution in [1.82, 2.24) is 4.98 Å². The van der Waals surface area contributed by atoms with Crippen LogP contribution in [0, 0.1) is 0 Å². The Labute approximate surface area is 183 Å². The molecule has 8 nitrogen and oxygen atoms in total. The van der Waals surface area contributed by atoms with Crippen LogP contribution in [0.5, 0.6) is 17.2 Å². The summed E-state index contributed by atoms with van der Waals surface area (Å²) in [6.45, 7) is 0. The van der Waals surface area contributed by atoms with E-state index in [2.05, 4.69) is 10.3 Å². The number of rotatable bonds is 6. The number of nitrogens with zero attached hydrogens (tertiary/aromatic N) is 1. The van der Waals surface area contributed by atoms with E-state index in [1.165, 1.54) is 21.3 Å². The molecule has 1 heterocycles. The molecule has 4 rings (SSSR count). The molecule has 0 saturated carbocycles. The molecule has 0 aliphatic carbocycles. The molecule has 0 saturated heterocycles. The smallest absolute Gasteiger partial charge is 0.347 e. The molecule has 8 heteroatoms. The number of anilines is 1. The number of methoxy groups -OCH3 is 3. The van der Waals surface area contributed by atoms with Gasteiger partial charge in [-0.15, -0.1) is 0 Å². The van der Waals surface area contributed by atoms with E-state index in [9.17, 15) is 9.59 Å². The molecule has 0 bridgehead atoms. The Morgan fingerprint density at radius 1 is 0.906 bits per heavy atom. The first-order chi connectivity index (χ1) is 15.5. The number of carbonyl (C=O) groups excluding carboxylic acids is 1. The van der Waals surface area contributed by atoms with Crippen molar-refractivity contribution in [1.29, 1.82) is 0 Å². The van der Waals surface area contributed by atoms with Gasteiger partial charge in [-0.05, 0) is 42.5 Å². The molecule has 0 aliphatic heterocycles. The van der Waals surface area contributed by atoms with Gasteiger partial charge in [0.2, 0.25) is 11.6 Å². The van der Waals surface area contributed by atoms with Gasteiger partial charge in [-0.3, -0.25) is 4.79 Å². The van der Waals surface area contributed by atoms with Gasteiger partial charge in [0, 0.05) is 16.8 Å². The van der Waals surface area contributed by atoms with Gasteiger partial charge in [0.25, 0.3) is 5.91 Å². The quantitative estimate of drug-likeness (QED) is 0.489. The molecule has 0 fully saturated rings. The summed E-state index contributed by atoms with van der Waals surface area (Å²) in [6, 6.07) is 16.9. The topological polar surface area (TPSA) is 99.9 Å². The lowest BCUT2D eigenvalue weighted by molar-refractivity contribution is 0.102. The summed E-state index contributed by atoms with van der Waals surface area (Å²) >= 11 is 0. The number of carbonyl (C=O) groups is 1. The van der Waals surface area contributed by atoms with Gasteiger partial charge in [0.1, 0.15) is 0 Å². The third kappa shape index (κ3) is 3.98. The minimum Gasteiger partial charge on any atom is -0.493 e. The van der Waals surface area contributed by atoms with E-state index in [1.807, 2.05) is 0 Å². The van der Waals surface area contributed by atoms with Crippen LogP contribution in [-0.2, 0) is 0 Å². The minimum absolute atomic E-state index is 0.164. The molecule has 0 atom stereocenters. The second-order valence-corrected chi connectivity index (χ2v) is 6.77. The average molecular weight is 432 g/mol. The monoisotopic (exact) mass is 432 g/mol. The number of ether oxygens (including phenoxy) is 3. The highest BCUT2D eigenvalue weighted by Crippen LogP contribution is 2.38. The molecule has 32 heavy (non-hydrogen) atoms. The molecular weight excluding hydrogens is 412 g/mol. The maximum absolute atomic E-state index is 12.9. The van der Waals surface area contributed by atoms with Gasteiger partial charge in [-0.25, -0.2) is 9.78 Å². The number of hydrogen-bond acceptors (Lipinski definition) is 7. The van der Waals surface area contributed by atoms with E-state index in [0.29, 0.717) is 45.0 Å². The Morgan fingerprint density at radius 3 is 2.31 bits per heavy atom. The molecule has 162 valence electrons. The summed E-state index contributed by atoms with van der Waals surface area (Å²) in [5.41, 5.74) is 1.43. The summed E-state index contributed by atoms with van der Waals surface area (Å²) in [4.78, 5) is 29.6. The van der Waals surface area contributed by atoms with Crippen LogP contribution in [0.3, 0.4) is 0 Å². The Hall–Kier alpha value is -4.33. The molecule has 0 spiro atoms. The van der Waals surface area contributed by atoms with Crippen LogP contribution in [0.15, 0.2) is 69.9 Å². The van der Waals surface area contributed by atoms with Gasteiger partial charge < -0.3 is 23.9 Å². The summed E-state index contributed by atoms with van der Waals surface area (Å²) in [5, 5.41) is 3.23. The lowest BCUT2D eigenvalue weighted by Crippen LogP contribution is -2.12. The van der Waals surface area contributed by atoms with Crippen LogP contribution in [0.2, 0.25) is 0 Å². The third-order valence-corrected chi connectivity index (χ3v) is 4.83. The lowest BCUT2D eigenvalue weighted by Gasteiger charge is -2.14. The van der Waals surface area contributed by atoms with E-state index in [0.717, 1.165) is 0 Å². The van der Waals surface area contributed by atoms with Crippen LogP contribution in [-0.4, -0.2) is 32.2 Å². The Kier molecular flexibility index (Phi) is 5.76. The van der Waals surface area contributed by atoms with Gasteiger partial charge in [0.15, 0.2) is 11.5 Å². The molecule has 0 radical (unpaired) electrons. The number of benzene rings is 3. The number of hydrogen-bond donors (Lipinski definition) is 1. The van der Waals surface area contributed by atoms with Gasteiger partial charge in [0.05, 0.1) is 32.2 Å². The molecule has 0 unspecified atom stereocenters. The predicted molar refractivity (Wildman–Crippen MR) is 120 cm³/mol. The van der Waals surface area contributed by atoms with Crippen molar-refractivity contribution in [2.24, 2.45) is 0 Å². The van der Waals surface area contributed by atoms with E-state index >= 15 is 0 Å². The number of amides is 1. The fourth-order valence-electron chi connectivity index (χ4n) is 3.29. The number of para-hydroxylation sites is 1. The Morgan fingerprint density at radius 2 is 1.62 bits per heavy atom. The zero-order valence-electron chi connectivity index (χ0n) is 17.7. The number of aromatic nitrogens is 1. The summed E-state index contributed by atoms with van der Waals surface area (Å²) < 4.78 is 21.3. The molecule has 1 amide bonds. The van der Waals surface area contributed by atoms with Crippen LogP contribution in [0.4, 0.5) is 5.69 Å². The first kappa shape index (κ1) is 20.9. The van der Waals surface area contributed by atoms with Crippen LogP contribution < -0.4 is 25.2 Å². The third-order valence-electron chi connectivity index (χ3n) is 4.83. The van der Waals surface area contributed by atoms with E-state index in [1.54, 1.807) is 60.7 Å². The van der Waals surface area contributed by atoms with Crippen molar-refractivity contribution in [3.8, 4) is 28.7 Å². The van der Waals surface area contributed by atoms with Crippen LogP contribution in [0.1, 0.15) is 10.4 Å². The molecule has 0 aliphatic rings. The van der Waals surface area contributed by atoms with Gasteiger partial charge in [-0.2, -0.15) is 0 Å². The second-order valence-electron chi connectivity index (χ2n) is 6.77. The normalized spacial score (nSPS) is 10.6. The fraction of sp³-hybridized carbons (Fsp3) is 0.125. The van der Waals surface area contributed by atoms with Crippen molar-refractivity contribution in [3.05, 3.63) is 76.6 Å². The first-order valence-corrected chi connectivity index (χ1v) is 9.65. The highest BCUT2D eigenvalue weighted by molar-refractivity contribution is 6.05. The number of nitrogens with one attached hydrogen (secondary N) is 1. The van der Waals surface area contributed by atoms with Gasteiger partial charge >= 0.3 is 5.63 Å². The lowest BCUT2D eigenvalue weighted by atomic mass is 10.1. The predicted octanol–water partition coefficient (Wildman–Crippen LogP) is 4.13. The average Bonchev–Trinajstić information content (AvgIpc) is 2.83. The standard InChI is InChI=1S/C24H20N2O6/c1-29-19-12-15(13-20(30-2)21(19)31-3)22(27)25-16-8-6-7-14(11-16)23-26-18-10-5-4-9-17(18)24(28)32-23/h4-13H,1-3H3,(H,25,27). The summed E-state index contributed by atoms with van der Waals surface area (Å²) in [6.07, 6.45) is 0. The van der Waals surface area contributed by atoms with E-state index in [-0.39, 0.29) is 11.8 Å². The Balaban J connectivity index is 1.65. The fourth-order valence-corrected chi connectivity index (χ4v) is 3.29. The largest absolute Gasteiger partial charge is 0.493 e. The molecule has 1 aromatic heterocycles. The highest BCUT2D eigenvalue weighted by Gasteiger charge is 2.17. The zero-order chi connectivity index (χ0) is 22.7. The maximum Gasteiger partial charge on any atom is 0.347 e. The molecule has 3 aromatic carbocycles. The molecule has 4 aromatic rings. The summed E-state index contributed by atoms with van der Waals surface area (Å²) in [5.74, 6) is 0.915. The molecule has 1 N–H and O–H groups in total. The summed E-state index contributed by atoms with van der Waals surface area (Å²) in [7, 11) is 4.45. The van der Waals surface area contributed by atoms with Crippen LogP contribution >= 0.6 is 0 Å². The van der Waals surface area contributed by atoms with Crippen molar-refractivity contribution < 1.29 is 23.4 Å². The minimum atomic E-state index is -0.475. The molecular formula is C24H20N2O6. The second kappa shape index (κ2) is 8.81. The van der Waals surface area contributed by atoms with Crippen molar-refractivity contribution in [2.75, 3.05) is 26.6 Å². The maximum atomic E-state index is 12.9. The van der Waals surface area contributed by atoms with E-state index < -0.39 is 5.63 Å². The van der Waals surface area contributed by atoms with Crippen molar-refractivity contribution >= 4 is 22.5 Å². The zero-order valence-corrected chi connectivity index (χ0v) is 17.7. The highest BCUT2D eigenvalue weighted by atomic mass is 16.5. The van der Waals surface area contributed by atoms with Crippen molar-refractivity contribution in [3.63, 3.8) is 0 Å². The first-order valence-electron chi connectivity index (χ1n) is 9.65. The van der Waals surface area contributed by atoms with Crippen LogP contribution in [0.25, 0.3) is 22.4 Å². The Bertz CT molecular complexity index is 1340. The van der Waals surface area contributed by atoms with Crippen molar-refractivity contribution in [2.45, 2.75) is 0 Å². The van der Waals surface area contributed by atoms with Gasteiger partial charge in [-0.1, -0.05) is 18.2 Å². The number of fused-ring (bicyclic) bond motifs is 1. The SMILES string of the molecule is COc1cc(C(=O)Nc2cccc(-c3nc4ccccc4c(=O)o3)c2)cc(OC)c1OC. The van der Waals surface area contributed by atoms with E-state index in [4.69, 9.17) is 18.6 Å².